The van der Waals surface area contributed by atoms with Gasteiger partial charge in [-0.2, -0.15) is 0 Å². The maximum atomic E-state index is 12.3. The highest BCUT2D eigenvalue weighted by Gasteiger charge is 2.41. The summed E-state index contributed by atoms with van der Waals surface area (Å²) in [6.07, 6.45) is 7.48. The van der Waals surface area contributed by atoms with Crippen molar-refractivity contribution >= 4 is 5.91 Å². The van der Waals surface area contributed by atoms with Crippen molar-refractivity contribution in [1.82, 2.24) is 25.6 Å². The number of piperidine rings is 1. The van der Waals surface area contributed by atoms with Crippen LogP contribution in [0.4, 0.5) is 0 Å². The molecule has 0 aromatic carbocycles. The van der Waals surface area contributed by atoms with E-state index in [0.29, 0.717) is 17.8 Å². The molecule has 0 saturated carbocycles. The average molecular weight is 291 g/mol. The Hall–Kier alpha value is -1.47. The van der Waals surface area contributed by atoms with E-state index in [1.165, 1.54) is 0 Å². The quantitative estimate of drug-likeness (QED) is 0.834. The standard InChI is InChI=1S/C14H21N5O2/c20-14(16-11-7-10-1-2-13(11)21-10)12-8-19(18-17-12)9-3-5-15-6-4-9/h8-11,13,15H,1-7H2,(H,16,20). The average Bonchev–Trinajstić information content (AvgIpc) is 3.24. The molecule has 1 amide bonds. The molecule has 3 aliphatic heterocycles. The van der Waals surface area contributed by atoms with Crippen molar-refractivity contribution in [2.24, 2.45) is 0 Å². The number of rotatable bonds is 3. The van der Waals surface area contributed by atoms with Gasteiger partial charge in [0.2, 0.25) is 0 Å². The van der Waals surface area contributed by atoms with Gasteiger partial charge >= 0.3 is 0 Å². The molecule has 114 valence electrons. The summed E-state index contributed by atoms with van der Waals surface area (Å²) in [6.45, 7) is 1.99. The Morgan fingerprint density at radius 1 is 1.33 bits per heavy atom. The molecule has 0 radical (unpaired) electrons. The van der Waals surface area contributed by atoms with E-state index in [4.69, 9.17) is 4.74 Å². The molecule has 1 aromatic heterocycles. The van der Waals surface area contributed by atoms with E-state index in [0.717, 1.165) is 45.2 Å². The van der Waals surface area contributed by atoms with Crippen molar-refractivity contribution in [3.05, 3.63) is 11.9 Å². The Labute approximate surface area is 123 Å². The number of carbonyl (C=O) groups excluding carboxylic acids is 1. The maximum Gasteiger partial charge on any atom is 0.273 e. The molecule has 0 aliphatic carbocycles. The Kier molecular flexibility index (Phi) is 3.39. The van der Waals surface area contributed by atoms with Gasteiger partial charge in [0, 0.05) is 0 Å². The molecule has 2 N–H and O–H groups in total. The van der Waals surface area contributed by atoms with Gasteiger partial charge in [0.25, 0.3) is 5.91 Å². The van der Waals surface area contributed by atoms with Gasteiger partial charge in [0.1, 0.15) is 0 Å². The number of nitrogens with one attached hydrogen (secondary N) is 2. The third kappa shape index (κ3) is 2.55. The zero-order valence-corrected chi connectivity index (χ0v) is 12.0. The molecular weight excluding hydrogens is 270 g/mol. The van der Waals surface area contributed by atoms with Gasteiger partial charge < -0.3 is 15.4 Å². The highest BCUT2D eigenvalue weighted by molar-refractivity contribution is 5.92. The van der Waals surface area contributed by atoms with Gasteiger partial charge in [0.05, 0.1) is 30.5 Å². The lowest BCUT2D eigenvalue weighted by molar-refractivity contribution is 0.0837. The molecule has 3 unspecified atom stereocenters. The summed E-state index contributed by atoms with van der Waals surface area (Å²) in [5, 5.41) is 14.5. The van der Waals surface area contributed by atoms with E-state index >= 15 is 0 Å². The van der Waals surface area contributed by atoms with Crippen LogP contribution in [0.25, 0.3) is 0 Å². The fraction of sp³-hybridized carbons (Fsp3) is 0.786. The minimum Gasteiger partial charge on any atom is -0.373 e. The van der Waals surface area contributed by atoms with E-state index in [9.17, 15) is 4.79 Å². The van der Waals surface area contributed by atoms with Crippen LogP contribution in [0.15, 0.2) is 6.20 Å². The lowest BCUT2D eigenvalue weighted by Crippen LogP contribution is -2.41. The minimum absolute atomic E-state index is 0.128. The second-order valence-electron chi connectivity index (χ2n) is 6.25. The minimum atomic E-state index is -0.128. The fourth-order valence-corrected chi connectivity index (χ4v) is 3.66. The lowest BCUT2D eigenvalue weighted by Gasteiger charge is -2.22. The van der Waals surface area contributed by atoms with Crippen LogP contribution in [0.2, 0.25) is 0 Å². The molecule has 2 bridgehead atoms. The largest absolute Gasteiger partial charge is 0.373 e. The molecule has 3 atom stereocenters. The van der Waals surface area contributed by atoms with Crippen LogP contribution in [-0.2, 0) is 4.74 Å². The van der Waals surface area contributed by atoms with Crippen molar-refractivity contribution in [3.8, 4) is 0 Å². The molecule has 3 saturated heterocycles. The monoisotopic (exact) mass is 291 g/mol. The van der Waals surface area contributed by atoms with Crippen LogP contribution in [0.3, 0.4) is 0 Å². The van der Waals surface area contributed by atoms with Crippen molar-refractivity contribution < 1.29 is 9.53 Å². The predicted molar refractivity (Wildman–Crippen MR) is 74.9 cm³/mol. The second kappa shape index (κ2) is 5.38. The number of fused-ring (bicyclic) bond motifs is 2. The first-order valence-electron chi connectivity index (χ1n) is 7.88. The van der Waals surface area contributed by atoms with E-state index in [2.05, 4.69) is 20.9 Å². The normalized spacial score (nSPS) is 32.5. The highest BCUT2D eigenvalue weighted by Crippen LogP contribution is 2.34. The summed E-state index contributed by atoms with van der Waals surface area (Å²) < 4.78 is 7.60. The molecule has 4 heterocycles. The maximum absolute atomic E-state index is 12.3. The molecule has 4 rings (SSSR count). The number of ether oxygens (including phenoxy) is 1. The third-order valence-corrected chi connectivity index (χ3v) is 4.85. The van der Waals surface area contributed by atoms with E-state index in [-0.39, 0.29) is 18.1 Å². The van der Waals surface area contributed by atoms with Crippen LogP contribution < -0.4 is 10.6 Å². The Morgan fingerprint density at radius 2 is 2.19 bits per heavy atom. The molecule has 3 aliphatic rings. The summed E-state index contributed by atoms with van der Waals surface area (Å²) in [6, 6.07) is 0.492. The van der Waals surface area contributed by atoms with E-state index < -0.39 is 0 Å². The van der Waals surface area contributed by atoms with E-state index in [1.54, 1.807) is 6.20 Å². The fourth-order valence-electron chi connectivity index (χ4n) is 3.66. The van der Waals surface area contributed by atoms with Crippen molar-refractivity contribution in [3.63, 3.8) is 0 Å². The predicted octanol–water partition coefficient (Wildman–Crippen LogP) is 0.252. The summed E-state index contributed by atoms with van der Waals surface area (Å²) in [5.74, 6) is -0.128. The van der Waals surface area contributed by atoms with Gasteiger partial charge in [-0.15, -0.1) is 5.10 Å². The van der Waals surface area contributed by atoms with Crippen LogP contribution in [0.1, 0.15) is 48.6 Å². The first-order chi connectivity index (χ1) is 10.3. The van der Waals surface area contributed by atoms with Crippen molar-refractivity contribution in [1.29, 1.82) is 0 Å². The number of nitrogens with zero attached hydrogens (tertiary/aromatic N) is 3. The number of hydrogen-bond donors (Lipinski definition) is 2. The zero-order valence-electron chi connectivity index (χ0n) is 12.0. The van der Waals surface area contributed by atoms with E-state index in [1.807, 2.05) is 4.68 Å². The summed E-state index contributed by atoms with van der Waals surface area (Å²) in [4.78, 5) is 12.3. The molecule has 0 spiro atoms. The summed E-state index contributed by atoms with van der Waals surface area (Å²) in [5.41, 5.74) is 0.413. The van der Waals surface area contributed by atoms with Crippen molar-refractivity contribution in [2.45, 2.75) is 56.4 Å². The second-order valence-corrected chi connectivity index (χ2v) is 6.25. The molecule has 7 nitrogen and oxygen atoms in total. The Bertz CT molecular complexity index is 525. The number of carbonyl (C=O) groups is 1. The lowest BCUT2D eigenvalue weighted by atomic mass is 9.95. The van der Waals surface area contributed by atoms with Crippen molar-refractivity contribution in [2.75, 3.05) is 13.1 Å². The first-order valence-corrected chi connectivity index (χ1v) is 7.88. The Balaban J connectivity index is 1.39. The van der Waals surface area contributed by atoms with Crippen LogP contribution in [-0.4, -0.2) is 52.2 Å². The molecule has 3 fully saturated rings. The van der Waals surface area contributed by atoms with Gasteiger partial charge in [-0.05, 0) is 45.2 Å². The van der Waals surface area contributed by atoms with Crippen LogP contribution in [0, 0.1) is 0 Å². The molecular formula is C14H21N5O2. The number of hydrogen-bond acceptors (Lipinski definition) is 5. The first kappa shape index (κ1) is 13.2. The van der Waals surface area contributed by atoms with Gasteiger partial charge in [-0.3, -0.25) is 4.79 Å². The SMILES string of the molecule is O=C(NC1CC2CCC1O2)c1cn(C2CCNCC2)nn1. The number of amides is 1. The molecule has 21 heavy (non-hydrogen) atoms. The van der Waals surface area contributed by atoms with Gasteiger partial charge in [0.15, 0.2) is 5.69 Å². The van der Waals surface area contributed by atoms with Gasteiger partial charge in [-0.1, -0.05) is 5.21 Å². The molecule has 7 heteroatoms. The number of aromatic nitrogens is 3. The highest BCUT2D eigenvalue weighted by atomic mass is 16.5. The van der Waals surface area contributed by atoms with Crippen LogP contribution >= 0.6 is 0 Å². The summed E-state index contributed by atoms with van der Waals surface area (Å²) >= 11 is 0. The van der Waals surface area contributed by atoms with Gasteiger partial charge in [-0.25, -0.2) is 4.68 Å². The zero-order chi connectivity index (χ0) is 14.2. The topological polar surface area (TPSA) is 81.1 Å². The third-order valence-electron chi connectivity index (χ3n) is 4.85. The Morgan fingerprint density at radius 3 is 2.90 bits per heavy atom. The molecule has 1 aromatic rings. The summed E-state index contributed by atoms with van der Waals surface area (Å²) in [7, 11) is 0. The van der Waals surface area contributed by atoms with Crippen LogP contribution in [0.5, 0.6) is 0 Å². The smallest absolute Gasteiger partial charge is 0.273 e.